The van der Waals surface area contributed by atoms with E-state index in [0.29, 0.717) is 0 Å². The van der Waals surface area contributed by atoms with Gasteiger partial charge in [-0.2, -0.15) is 0 Å². The van der Waals surface area contributed by atoms with Crippen molar-refractivity contribution in [1.29, 1.82) is 0 Å². The molecule has 1 unspecified atom stereocenters. The lowest BCUT2D eigenvalue weighted by molar-refractivity contribution is -0.150. The predicted molar refractivity (Wildman–Crippen MR) is 61.5 cm³/mol. The fraction of sp³-hybridized carbons (Fsp3) is 0.417. The van der Waals surface area contributed by atoms with Gasteiger partial charge in [-0.25, -0.2) is 13.6 Å². The quantitative estimate of drug-likeness (QED) is 0.831. The zero-order chi connectivity index (χ0) is 14.6. The number of halogens is 2. The number of benzene rings is 1. The zero-order valence-electron chi connectivity index (χ0n) is 10.6. The number of hydrogen-bond acceptors (Lipinski definition) is 5. The van der Waals surface area contributed by atoms with E-state index in [1.165, 1.54) is 14.2 Å². The van der Waals surface area contributed by atoms with Crippen LogP contribution in [0.1, 0.15) is 23.7 Å². The number of carbonyl (C=O) groups excluding carboxylic acids is 1. The third-order valence-electron chi connectivity index (χ3n) is 2.50. The maximum absolute atomic E-state index is 12.8. The van der Waals surface area contributed by atoms with Crippen molar-refractivity contribution in [3.05, 3.63) is 23.3 Å². The first-order chi connectivity index (χ1) is 8.96. The van der Waals surface area contributed by atoms with Gasteiger partial charge in [-0.1, -0.05) is 0 Å². The summed E-state index contributed by atoms with van der Waals surface area (Å²) in [5, 5.41) is 9.77. The fourth-order valence-electron chi connectivity index (χ4n) is 1.58. The number of aliphatic hydroxyl groups excluding tert-OH is 1. The topological polar surface area (TPSA) is 65.0 Å². The van der Waals surface area contributed by atoms with Crippen LogP contribution in [0.2, 0.25) is 0 Å². The van der Waals surface area contributed by atoms with Crippen molar-refractivity contribution in [2.75, 3.05) is 21.3 Å². The second kappa shape index (κ2) is 6.33. The van der Waals surface area contributed by atoms with Crippen molar-refractivity contribution in [3.8, 4) is 11.5 Å². The zero-order valence-corrected chi connectivity index (χ0v) is 10.6. The summed E-state index contributed by atoms with van der Waals surface area (Å²) in [7, 11) is 3.61. The van der Waals surface area contributed by atoms with Crippen molar-refractivity contribution < 1.29 is 32.9 Å². The van der Waals surface area contributed by atoms with Crippen LogP contribution in [0.5, 0.6) is 11.5 Å². The number of rotatable bonds is 5. The molecule has 0 aliphatic carbocycles. The Morgan fingerprint density at radius 1 is 1.21 bits per heavy atom. The molecule has 106 valence electrons. The number of hydrogen-bond donors (Lipinski definition) is 1. The van der Waals surface area contributed by atoms with E-state index in [-0.39, 0.29) is 17.1 Å². The molecule has 1 atom stereocenters. The number of esters is 1. The molecule has 1 aromatic rings. The van der Waals surface area contributed by atoms with Gasteiger partial charge in [-0.3, -0.25) is 0 Å². The molecule has 0 radical (unpaired) electrons. The SMILES string of the molecule is COC(=O)C(O)c1cc(C(F)F)cc(OC)c1OC. The third kappa shape index (κ3) is 3.11. The van der Waals surface area contributed by atoms with Gasteiger partial charge in [0, 0.05) is 11.1 Å². The van der Waals surface area contributed by atoms with Crippen LogP contribution in [-0.4, -0.2) is 32.4 Å². The van der Waals surface area contributed by atoms with Gasteiger partial charge < -0.3 is 19.3 Å². The highest BCUT2D eigenvalue weighted by Gasteiger charge is 2.26. The normalized spacial score (nSPS) is 12.2. The first kappa shape index (κ1) is 15.2. The van der Waals surface area contributed by atoms with Crippen LogP contribution in [-0.2, 0) is 9.53 Å². The number of ether oxygens (including phenoxy) is 3. The molecule has 7 heteroatoms. The highest BCUT2D eigenvalue weighted by molar-refractivity contribution is 5.78. The lowest BCUT2D eigenvalue weighted by Gasteiger charge is -2.17. The highest BCUT2D eigenvalue weighted by atomic mass is 19.3. The lowest BCUT2D eigenvalue weighted by atomic mass is 10.0. The summed E-state index contributed by atoms with van der Waals surface area (Å²) in [6.07, 6.45) is -4.50. The van der Waals surface area contributed by atoms with Crippen LogP contribution in [0.3, 0.4) is 0 Å². The number of alkyl halides is 2. The average molecular weight is 276 g/mol. The fourth-order valence-corrected chi connectivity index (χ4v) is 1.58. The molecule has 5 nitrogen and oxygen atoms in total. The second-order valence-electron chi connectivity index (χ2n) is 3.57. The summed E-state index contributed by atoms with van der Waals surface area (Å²) in [5.41, 5.74) is -0.528. The van der Waals surface area contributed by atoms with Crippen molar-refractivity contribution >= 4 is 5.97 Å². The Kier molecular flexibility index (Phi) is 5.05. The average Bonchev–Trinajstić information content (AvgIpc) is 2.43. The number of methoxy groups -OCH3 is 3. The third-order valence-corrected chi connectivity index (χ3v) is 2.50. The molecule has 0 bridgehead atoms. The van der Waals surface area contributed by atoms with Crippen molar-refractivity contribution in [1.82, 2.24) is 0 Å². The van der Waals surface area contributed by atoms with Gasteiger partial charge in [-0.05, 0) is 12.1 Å². The molecule has 0 aromatic heterocycles. The minimum atomic E-state index is -2.77. The highest BCUT2D eigenvalue weighted by Crippen LogP contribution is 2.39. The van der Waals surface area contributed by atoms with Crippen LogP contribution < -0.4 is 9.47 Å². The van der Waals surface area contributed by atoms with Crippen molar-refractivity contribution in [3.63, 3.8) is 0 Å². The Bertz CT molecular complexity index is 462. The summed E-state index contributed by atoms with van der Waals surface area (Å²) < 4.78 is 39.8. The number of carbonyl (C=O) groups is 1. The summed E-state index contributed by atoms with van der Waals surface area (Å²) in [6, 6.07) is 2.06. The van der Waals surface area contributed by atoms with E-state index in [0.717, 1.165) is 19.2 Å². The van der Waals surface area contributed by atoms with Crippen LogP contribution in [0.4, 0.5) is 8.78 Å². The van der Waals surface area contributed by atoms with Gasteiger partial charge in [-0.15, -0.1) is 0 Å². The lowest BCUT2D eigenvalue weighted by Crippen LogP contribution is -2.15. The van der Waals surface area contributed by atoms with Crippen LogP contribution in [0.15, 0.2) is 12.1 Å². The molecule has 1 aromatic carbocycles. The van der Waals surface area contributed by atoms with Gasteiger partial charge in [0.05, 0.1) is 21.3 Å². The molecule has 0 aliphatic heterocycles. The monoisotopic (exact) mass is 276 g/mol. The van der Waals surface area contributed by atoms with E-state index in [1.807, 2.05) is 0 Å². The second-order valence-corrected chi connectivity index (χ2v) is 3.57. The standard InChI is InChI=1S/C12H14F2O5/c1-17-8-5-6(11(13)14)4-7(10(8)18-2)9(15)12(16)19-3/h4-5,9,11,15H,1-3H3. The summed E-state index contributed by atoms with van der Waals surface area (Å²) in [5.74, 6) is -0.977. The molecule has 0 heterocycles. The molecule has 0 saturated heterocycles. The molecular formula is C12H14F2O5. The van der Waals surface area contributed by atoms with Gasteiger partial charge in [0.2, 0.25) is 0 Å². The Morgan fingerprint density at radius 3 is 2.26 bits per heavy atom. The van der Waals surface area contributed by atoms with Gasteiger partial charge in [0.1, 0.15) is 0 Å². The van der Waals surface area contributed by atoms with E-state index < -0.39 is 24.1 Å². The minimum absolute atomic E-state index is 0.00162. The summed E-state index contributed by atoms with van der Waals surface area (Å²) in [6.45, 7) is 0. The molecule has 0 fully saturated rings. The maximum atomic E-state index is 12.8. The first-order valence-electron chi connectivity index (χ1n) is 5.26. The van der Waals surface area contributed by atoms with Crippen molar-refractivity contribution in [2.24, 2.45) is 0 Å². The Hall–Kier alpha value is -1.89. The van der Waals surface area contributed by atoms with Crippen LogP contribution in [0, 0.1) is 0 Å². The first-order valence-corrected chi connectivity index (χ1v) is 5.26. The van der Waals surface area contributed by atoms with E-state index in [2.05, 4.69) is 4.74 Å². The molecule has 1 N–H and O–H groups in total. The van der Waals surface area contributed by atoms with Crippen LogP contribution >= 0.6 is 0 Å². The molecule has 0 spiro atoms. The molecule has 0 aliphatic rings. The van der Waals surface area contributed by atoms with Gasteiger partial charge in [0.25, 0.3) is 6.43 Å². The minimum Gasteiger partial charge on any atom is -0.493 e. The smallest absolute Gasteiger partial charge is 0.339 e. The largest absolute Gasteiger partial charge is 0.493 e. The Balaban J connectivity index is 3.41. The Morgan fingerprint density at radius 2 is 1.84 bits per heavy atom. The molecular weight excluding hydrogens is 262 g/mol. The van der Waals surface area contributed by atoms with E-state index >= 15 is 0 Å². The van der Waals surface area contributed by atoms with Gasteiger partial charge >= 0.3 is 5.97 Å². The Labute approximate surface area is 108 Å². The molecule has 0 amide bonds. The van der Waals surface area contributed by atoms with Gasteiger partial charge in [0.15, 0.2) is 17.6 Å². The van der Waals surface area contributed by atoms with E-state index in [1.54, 1.807) is 0 Å². The van der Waals surface area contributed by atoms with E-state index in [9.17, 15) is 18.7 Å². The van der Waals surface area contributed by atoms with Crippen LogP contribution in [0.25, 0.3) is 0 Å². The molecule has 1 rings (SSSR count). The maximum Gasteiger partial charge on any atom is 0.339 e. The molecule has 19 heavy (non-hydrogen) atoms. The number of aliphatic hydroxyl groups is 1. The predicted octanol–water partition coefficient (Wildman–Crippen LogP) is 1.85. The van der Waals surface area contributed by atoms with Crippen molar-refractivity contribution in [2.45, 2.75) is 12.5 Å². The summed E-state index contributed by atoms with van der Waals surface area (Å²) in [4.78, 5) is 11.3. The molecule has 0 saturated carbocycles. The summed E-state index contributed by atoms with van der Waals surface area (Å²) >= 11 is 0. The van der Waals surface area contributed by atoms with E-state index in [4.69, 9.17) is 9.47 Å².